The van der Waals surface area contributed by atoms with Gasteiger partial charge in [-0.05, 0) is 59.3 Å². The van der Waals surface area contributed by atoms with E-state index < -0.39 is 10.0 Å². The molecule has 0 radical (unpaired) electrons. The molecule has 126 valence electrons. The Balaban J connectivity index is 1.93. The van der Waals surface area contributed by atoms with E-state index in [-0.39, 0.29) is 10.6 Å². The monoisotopic (exact) mass is 411 g/mol. The maximum Gasteiger partial charge on any atom is 0.323 e. The highest BCUT2D eigenvalue weighted by Gasteiger charge is 2.16. The molecule has 0 aliphatic carbocycles. The zero-order valence-electron chi connectivity index (χ0n) is 12.6. The molecular weight excluding hydrogens is 398 g/mol. The average Bonchev–Trinajstić information content (AvgIpc) is 2.87. The second kappa shape index (κ2) is 6.33. The Hall–Kier alpha value is -2.26. The van der Waals surface area contributed by atoms with Gasteiger partial charge in [0.1, 0.15) is 5.75 Å². The molecule has 3 aromatic rings. The molecule has 0 bridgehead atoms. The topological polar surface area (TPSA) is 104 Å². The largest absolute Gasteiger partial charge is 0.494 e. The second-order valence-corrected chi connectivity index (χ2v) is 7.50. The van der Waals surface area contributed by atoms with E-state index in [1.54, 1.807) is 24.3 Å². The summed E-state index contributed by atoms with van der Waals surface area (Å²) in [5, 5.41) is 0. The fourth-order valence-corrected chi connectivity index (χ4v) is 3.86. The van der Waals surface area contributed by atoms with Gasteiger partial charge in [0.25, 0.3) is 10.0 Å². The fourth-order valence-electron chi connectivity index (χ4n) is 2.22. The fraction of sp³-hybridized carbons (Fsp3) is 0.133. The SMILES string of the molecule is CCOc1ccc(S(=O)(=O)Nc2cc3[nH]c(=O)[nH]c3cc2Br)cc1. The zero-order valence-corrected chi connectivity index (χ0v) is 15.0. The van der Waals surface area contributed by atoms with Crippen molar-refractivity contribution in [3.05, 3.63) is 51.4 Å². The smallest absolute Gasteiger partial charge is 0.323 e. The molecule has 3 rings (SSSR count). The lowest BCUT2D eigenvalue weighted by atomic mass is 10.3. The Morgan fingerprint density at radius 2 is 1.75 bits per heavy atom. The standard InChI is InChI=1S/C15H14BrN3O4S/c1-2-23-9-3-5-10(6-4-9)24(21,22)19-12-8-14-13(7-11(12)16)17-15(20)18-14/h3-8,19H,2H2,1H3,(H2,17,18,20). The van der Waals surface area contributed by atoms with Crippen LogP contribution in [0.5, 0.6) is 5.75 Å². The molecule has 0 aliphatic rings. The summed E-state index contributed by atoms with van der Waals surface area (Å²) >= 11 is 3.30. The Bertz CT molecular complexity index is 1040. The molecule has 7 nitrogen and oxygen atoms in total. The van der Waals surface area contributed by atoms with Crippen LogP contribution in [0.4, 0.5) is 5.69 Å². The lowest BCUT2D eigenvalue weighted by Gasteiger charge is -2.11. The van der Waals surface area contributed by atoms with Crippen LogP contribution in [0.25, 0.3) is 11.0 Å². The summed E-state index contributed by atoms with van der Waals surface area (Å²) in [6.45, 7) is 2.36. The Morgan fingerprint density at radius 3 is 2.38 bits per heavy atom. The van der Waals surface area contributed by atoms with Gasteiger partial charge in [-0.3, -0.25) is 4.72 Å². The van der Waals surface area contributed by atoms with Crippen molar-refractivity contribution in [2.24, 2.45) is 0 Å². The second-order valence-electron chi connectivity index (χ2n) is 4.97. The third kappa shape index (κ3) is 3.31. The van der Waals surface area contributed by atoms with E-state index in [4.69, 9.17) is 4.74 Å². The first kappa shape index (κ1) is 16.6. The minimum Gasteiger partial charge on any atom is -0.494 e. The highest BCUT2D eigenvalue weighted by Crippen LogP contribution is 2.28. The van der Waals surface area contributed by atoms with Gasteiger partial charge in [-0.1, -0.05) is 0 Å². The quantitative estimate of drug-likeness (QED) is 0.600. The minimum atomic E-state index is -3.77. The minimum absolute atomic E-state index is 0.112. The Kier molecular flexibility index (Phi) is 4.37. The molecule has 0 spiro atoms. The van der Waals surface area contributed by atoms with E-state index >= 15 is 0 Å². The molecule has 0 unspecified atom stereocenters. The molecule has 1 heterocycles. The molecule has 0 atom stereocenters. The lowest BCUT2D eigenvalue weighted by Crippen LogP contribution is -2.13. The molecule has 24 heavy (non-hydrogen) atoms. The van der Waals surface area contributed by atoms with Gasteiger partial charge < -0.3 is 14.7 Å². The van der Waals surface area contributed by atoms with E-state index in [9.17, 15) is 13.2 Å². The highest BCUT2D eigenvalue weighted by atomic mass is 79.9. The van der Waals surface area contributed by atoms with Crippen LogP contribution < -0.4 is 15.1 Å². The molecule has 3 N–H and O–H groups in total. The van der Waals surface area contributed by atoms with E-state index in [1.165, 1.54) is 12.1 Å². The number of hydrogen-bond acceptors (Lipinski definition) is 4. The molecule has 1 aromatic heterocycles. The number of sulfonamides is 1. The number of rotatable bonds is 5. The van der Waals surface area contributed by atoms with E-state index in [1.807, 2.05) is 6.92 Å². The van der Waals surface area contributed by atoms with Gasteiger partial charge in [-0.25, -0.2) is 13.2 Å². The van der Waals surface area contributed by atoms with Crippen molar-refractivity contribution in [3.8, 4) is 5.75 Å². The molecule has 0 aliphatic heterocycles. The first-order valence-electron chi connectivity index (χ1n) is 7.06. The van der Waals surface area contributed by atoms with E-state index in [0.29, 0.717) is 33.5 Å². The van der Waals surface area contributed by atoms with Crippen LogP contribution in [0.2, 0.25) is 0 Å². The average molecular weight is 412 g/mol. The summed E-state index contributed by atoms with van der Waals surface area (Å²) in [4.78, 5) is 16.6. The van der Waals surface area contributed by atoms with E-state index in [2.05, 4.69) is 30.6 Å². The van der Waals surface area contributed by atoms with Gasteiger partial charge in [-0.2, -0.15) is 0 Å². The molecule has 2 aromatic carbocycles. The number of aromatic amines is 2. The first-order chi connectivity index (χ1) is 11.4. The van der Waals surface area contributed by atoms with E-state index in [0.717, 1.165) is 0 Å². The first-order valence-corrected chi connectivity index (χ1v) is 9.34. The molecule has 0 saturated carbocycles. The number of fused-ring (bicyclic) bond motifs is 1. The molecule has 0 fully saturated rings. The van der Waals surface area contributed by atoms with Crippen LogP contribution in [0, 0.1) is 0 Å². The molecule has 9 heteroatoms. The van der Waals surface area contributed by atoms with Crippen molar-refractivity contribution in [1.29, 1.82) is 0 Å². The Labute approximate surface area is 146 Å². The van der Waals surface area contributed by atoms with Gasteiger partial charge in [0.15, 0.2) is 0 Å². The van der Waals surface area contributed by atoms with Crippen molar-refractivity contribution in [3.63, 3.8) is 0 Å². The molecule has 0 amide bonds. The molecule has 0 saturated heterocycles. The zero-order chi connectivity index (χ0) is 17.3. The number of benzene rings is 2. The maximum atomic E-state index is 12.5. The molecular formula is C15H14BrN3O4S. The van der Waals surface area contributed by atoms with Crippen molar-refractivity contribution in [1.82, 2.24) is 9.97 Å². The number of hydrogen-bond donors (Lipinski definition) is 3. The van der Waals surface area contributed by atoms with Crippen molar-refractivity contribution >= 4 is 42.7 Å². The van der Waals surface area contributed by atoms with Crippen molar-refractivity contribution < 1.29 is 13.2 Å². The van der Waals surface area contributed by atoms with Crippen LogP contribution in [0.1, 0.15) is 6.92 Å². The highest BCUT2D eigenvalue weighted by molar-refractivity contribution is 9.10. The number of nitrogens with one attached hydrogen (secondary N) is 3. The summed E-state index contributed by atoms with van der Waals surface area (Å²) in [6, 6.07) is 9.31. The number of halogens is 1. The third-order valence-electron chi connectivity index (χ3n) is 3.29. The summed E-state index contributed by atoms with van der Waals surface area (Å²) in [5.41, 5.74) is 1.05. The van der Waals surface area contributed by atoms with Crippen LogP contribution in [-0.2, 0) is 10.0 Å². The summed E-state index contributed by atoms with van der Waals surface area (Å²) in [6.07, 6.45) is 0. The van der Waals surface area contributed by atoms with Crippen molar-refractivity contribution in [2.45, 2.75) is 11.8 Å². The van der Waals surface area contributed by atoms with Crippen molar-refractivity contribution in [2.75, 3.05) is 11.3 Å². The van der Waals surface area contributed by atoms with Crippen LogP contribution in [0.15, 0.2) is 50.6 Å². The van der Waals surface area contributed by atoms with Crippen LogP contribution >= 0.6 is 15.9 Å². The maximum absolute atomic E-state index is 12.5. The van der Waals surface area contributed by atoms with Crippen LogP contribution in [-0.4, -0.2) is 25.0 Å². The van der Waals surface area contributed by atoms with Crippen LogP contribution in [0.3, 0.4) is 0 Å². The Morgan fingerprint density at radius 1 is 1.12 bits per heavy atom. The van der Waals surface area contributed by atoms with Gasteiger partial charge in [-0.15, -0.1) is 0 Å². The number of ether oxygens (including phenoxy) is 1. The summed E-state index contributed by atoms with van der Waals surface area (Å²) in [7, 11) is -3.77. The number of imidazole rings is 1. The number of H-pyrrole nitrogens is 2. The van der Waals surface area contributed by atoms with Gasteiger partial charge in [0.2, 0.25) is 0 Å². The van der Waals surface area contributed by atoms with Gasteiger partial charge >= 0.3 is 5.69 Å². The normalized spacial score (nSPS) is 11.6. The number of aromatic nitrogens is 2. The predicted octanol–water partition coefficient (Wildman–Crippen LogP) is 2.82. The van der Waals surface area contributed by atoms with Gasteiger partial charge in [0.05, 0.1) is 28.2 Å². The summed E-state index contributed by atoms with van der Waals surface area (Å²) in [5.74, 6) is 0.601. The lowest BCUT2D eigenvalue weighted by molar-refractivity contribution is 0.340. The number of anilines is 1. The summed E-state index contributed by atoms with van der Waals surface area (Å²) < 4.78 is 33.3. The third-order valence-corrected chi connectivity index (χ3v) is 5.33. The predicted molar refractivity (Wildman–Crippen MR) is 95.0 cm³/mol. The van der Waals surface area contributed by atoms with Gasteiger partial charge in [0, 0.05) is 4.47 Å².